The lowest BCUT2D eigenvalue weighted by molar-refractivity contribution is -0.142. The van der Waals surface area contributed by atoms with Gasteiger partial charge in [-0.2, -0.15) is 0 Å². The van der Waals surface area contributed by atoms with Crippen LogP contribution in [0.1, 0.15) is 37.2 Å². The number of carbonyl (C=O) groups is 1. The molecule has 0 unspecified atom stereocenters. The lowest BCUT2D eigenvalue weighted by Gasteiger charge is -2.26. The van der Waals surface area contributed by atoms with Crippen molar-refractivity contribution in [3.05, 3.63) is 23.8 Å². The highest BCUT2D eigenvalue weighted by Gasteiger charge is 2.26. The molecular formula is C13H17NO3. The van der Waals surface area contributed by atoms with Gasteiger partial charge in [-0.3, -0.25) is 4.79 Å². The van der Waals surface area contributed by atoms with Crippen molar-refractivity contribution in [1.82, 2.24) is 0 Å². The summed E-state index contributed by atoms with van der Waals surface area (Å²) in [5.74, 6) is -0.407. The van der Waals surface area contributed by atoms with E-state index in [1.807, 2.05) is 6.07 Å². The molecule has 92 valence electrons. The summed E-state index contributed by atoms with van der Waals surface area (Å²) in [7, 11) is 0. The van der Waals surface area contributed by atoms with Crippen LogP contribution in [0.15, 0.2) is 18.2 Å². The molecule has 4 N–H and O–H groups in total. The van der Waals surface area contributed by atoms with E-state index in [0.717, 1.165) is 31.2 Å². The molecular weight excluding hydrogens is 218 g/mol. The molecule has 0 heterocycles. The SMILES string of the molecule is Nc1cc(C2CCC(C(=O)O)CC2)ccc1O. The van der Waals surface area contributed by atoms with E-state index in [0.29, 0.717) is 11.6 Å². The van der Waals surface area contributed by atoms with Crippen LogP contribution in [-0.4, -0.2) is 16.2 Å². The summed E-state index contributed by atoms with van der Waals surface area (Å²) < 4.78 is 0. The van der Waals surface area contributed by atoms with Crippen LogP contribution in [-0.2, 0) is 4.79 Å². The lowest BCUT2D eigenvalue weighted by Crippen LogP contribution is -2.20. The minimum atomic E-state index is -0.686. The Morgan fingerprint density at radius 3 is 2.41 bits per heavy atom. The van der Waals surface area contributed by atoms with Crippen molar-refractivity contribution in [1.29, 1.82) is 0 Å². The molecule has 2 rings (SSSR count). The molecule has 0 spiro atoms. The maximum absolute atomic E-state index is 10.8. The van der Waals surface area contributed by atoms with Gasteiger partial charge in [-0.1, -0.05) is 6.07 Å². The van der Waals surface area contributed by atoms with Crippen LogP contribution in [0.3, 0.4) is 0 Å². The molecule has 0 atom stereocenters. The van der Waals surface area contributed by atoms with Gasteiger partial charge in [0.05, 0.1) is 11.6 Å². The molecule has 4 nitrogen and oxygen atoms in total. The first kappa shape index (κ1) is 11.8. The van der Waals surface area contributed by atoms with Crippen LogP contribution in [0, 0.1) is 5.92 Å². The monoisotopic (exact) mass is 235 g/mol. The third kappa shape index (κ3) is 2.52. The van der Waals surface area contributed by atoms with E-state index in [9.17, 15) is 9.90 Å². The largest absolute Gasteiger partial charge is 0.506 e. The number of aliphatic carboxylic acids is 1. The topological polar surface area (TPSA) is 83.6 Å². The lowest BCUT2D eigenvalue weighted by atomic mass is 9.78. The van der Waals surface area contributed by atoms with Crippen molar-refractivity contribution in [3.63, 3.8) is 0 Å². The second-order valence-corrected chi connectivity index (χ2v) is 4.71. The van der Waals surface area contributed by atoms with Gasteiger partial charge in [-0.05, 0) is 49.3 Å². The molecule has 0 bridgehead atoms. The predicted octanol–water partition coefficient (Wildman–Crippen LogP) is 2.33. The van der Waals surface area contributed by atoms with Gasteiger partial charge in [0.15, 0.2) is 0 Å². The summed E-state index contributed by atoms with van der Waals surface area (Å²) >= 11 is 0. The standard InChI is InChI=1S/C13H17NO3/c14-11-7-10(5-6-12(11)15)8-1-3-9(4-2-8)13(16)17/h5-9,15H,1-4,14H2,(H,16,17). The fourth-order valence-corrected chi connectivity index (χ4v) is 2.50. The normalized spacial score (nSPS) is 24.5. The highest BCUT2D eigenvalue weighted by Crippen LogP contribution is 2.37. The predicted molar refractivity (Wildman–Crippen MR) is 64.9 cm³/mol. The summed E-state index contributed by atoms with van der Waals surface area (Å²) in [5.41, 5.74) is 7.15. The second-order valence-electron chi connectivity index (χ2n) is 4.71. The van der Waals surface area contributed by atoms with Gasteiger partial charge >= 0.3 is 5.97 Å². The first-order valence-electron chi connectivity index (χ1n) is 5.89. The second kappa shape index (κ2) is 4.65. The number of nitrogen functional groups attached to an aromatic ring is 1. The number of benzene rings is 1. The zero-order valence-corrected chi connectivity index (χ0v) is 9.60. The molecule has 1 aliphatic rings. The number of phenols is 1. The van der Waals surface area contributed by atoms with Gasteiger partial charge in [-0.15, -0.1) is 0 Å². The van der Waals surface area contributed by atoms with E-state index in [1.54, 1.807) is 12.1 Å². The van der Waals surface area contributed by atoms with Crippen molar-refractivity contribution < 1.29 is 15.0 Å². The van der Waals surface area contributed by atoms with Crippen LogP contribution in [0.2, 0.25) is 0 Å². The van der Waals surface area contributed by atoms with Crippen molar-refractivity contribution in [2.24, 2.45) is 5.92 Å². The number of rotatable bonds is 2. The first-order chi connectivity index (χ1) is 8.08. The molecule has 1 saturated carbocycles. The number of hydrogen-bond donors (Lipinski definition) is 3. The van der Waals surface area contributed by atoms with Crippen molar-refractivity contribution in [3.8, 4) is 5.75 Å². The Labute approximate surface area is 100 Å². The van der Waals surface area contributed by atoms with E-state index < -0.39 is 5.97 Å². The zero-order chi connectivity index (χ0) is 12.4. The average Bonchev–Trinajstić information content (AvgIpc) is 2.33. The molecule has 1 fully saturated rings. The molecule has 1 aliphatic carbocycles. The summed E-state index contributed by atoms with van der Waals surface area (Å²) in [6.07, 6.45) is 3.20. The Hall–Kier alpha value is -1.71. The van der Waals surface area contributed by atoms with E-state index in [1.165, 1.54) is 0 Å². The third-order valence-corrected chi connectivity index (χ3v) is 3.60. The van der Waals surface area contributed by atoms with Crippen LogP contribution >= 0.6 is 0 Å². The van der Waals surface area contributed by atoms with Gasteiger partial charge in [0.2, 0.25) is 0 Å². The number of carboxylic acid groups (broad SMARTS) is 1. The van der Waals surface area contributed by atoms with Crippen molar-refractivity contribution >= 4 is 11.7 Å². The van der Waals surface area contributed by atoms with Crippen LogP contribution in [0.4, 0.5) is 5.69 Å². The number of nitrogens with two attached hydrogens (primary N) is 1. The van der Waals surface area contributed by atoms with Crippen molar-refractivity contribution in [2.45, 2.75) is 31.6 Å². The van der Waals surface area contributed by atoms with E-state index in [4.69, 9.17) is 10.8 Å². The highest BCUT2D eigenvalue weighted by atomic mass is 16.4. The van der Waals surface area contributed by atoms with Gasteiger partial charge in [0.25, 0.3) is 0 Å². The number of phenolic OH excluding ortho intramolecular Hbond substituents is 1. The van der Waals surface area contributed by atoms with Gasteiger partial charge in [-0.25, -0.2) is 0 Å². The Morgan fingerprint density at radius 2 is 1.88 bits per heavy atom. The summed E-state index contributed by atoms with van der Waals surface area (Å²) in [4.78, 5) is 10.8. The van der Waals surface area contributed by atoms with Crippen LogP contribution in [0.25, 0.3) is 0 Å². The maximum Gasteiger partial charge on any atom is 0.306 e. The summed E-state index contributed by atoms with van der Waals surface area (Å²) in [6, 6.07) is 5.27. The third-order valence-electron chi connectivity index (χ3n) is 3.60. The van der Waals surface area contributed by atoms with Gasteiger partial charge in [0, 0.05) is 0 Å². The first-order valence-corrected chi connectivity index (χ1v) is 5.89. The molecule has 4 heteroatoms. The number of hydrogen-bond acceptors (Lipinski definition) is 3. The van der Waals surface area contributed by atoms with E-state index in [2.05, 4.69) is 0 Å². The molecule has 0 amide bonds. The molecule has 17 heavy (non-hydrogen) atoms. The number of anilines is 1. The number of carboxylic acids is 1. The Morgan fingerprint density at radius 1 is 1.24 bits per heavy atom. The molecule has 0 radical (unpaired) electrons. The Balaban J connectivity index is 2.05. The summed E-state index contributed by atoms with van der Waals surface area (Å²) in [6.45, 7) is 0. The molecule has 0 saturated heterocycles. The number of aromatic hydroxyl groups is 1. The fourth-order valence-electron chi connectivity index (χ4n) is 2.50. The summed E-state index contributed by atoms with van der Waals surface area (Å²) in [5, 5.41) is 18.3. The molecule has 1 aromatic carbocycles. The van der Waals surface area contributed by atoms with E-state index >= 15 is 0 Å². The van der Waals surface area contributed by atoms with E-state index in [-0.39, 0.29) is 11.7 Å². The van der Waals surface area contributed by atoms with Gasteiger partial charge < -0.3 is 15.9 Å². The molecule has 0 aliphatic heterocycles. The Bertz CT molecular complexity index is 423. The molecule has 1 aromatic rings. The Kier molecular flexibility index (Phi) is 3.22. The maximum atomic E-state index is 10.8. The zero-order valence-electron chi connectivity index (χ0n) is 9.60. The smallest absolute Gasteiger partial charge is 0.306 e. The van der Waals surface area contributed by atoms with Crippen LogP contribution < -0.4 is 5.73 Å². The minimum absolute atomic E-state index is 0.105. The van der Waals surface area contributed by atoms with Crippen molar-refractivity contribution in [2.75, 3.05) is 5.73 Å². The molecule has 0 aromatic heterocycles. The quantitative estimate of drug-likeness (QED) is 0.542. The average molecular weight is 235 g/mol. The van der Waals surface area contributed by atoms with Gasteiger partial charge in [0.1, 0.15) is 5.75 Å². The fraction of sp³-hybridized carbons (Fsp3) is 0.462. The minimum Gasteiger partial charge on any atom is -0.506 e. The van der Waals surface area contributed by atoms with Crippen LogP contribution in [0.5, 0.6) is 5.75 Å². The highest BCUT2D eigenvalue weighted by molar-refractivity contribution is 5.70.